The summed E-state index contributed by atoms with van der Waals surface area (Å²) in [4.78, 5) is 35.9. The van der Waals surface area contributed by atoms with Gasteiger partial charge in [-0.1, -0.05) is 58.2 Å². The van der Waals surface area contributed by atoms with Crippen LogP contribution in [-0.4, -0.2) is 40.3 Å². The largest absolute Gasteiger partial charge is 0.351 e. The monoisotopic (exact) mass is 499 g/mol. The minimum Gasteiger partial charge on any atom is -0.351 e. The summed E-state index contributed by atoms with van der Waals surface area (Å²) in [5.74, 6) is 0.163. The topological polar surface area (TPSA) is 89.3 Å². The molecule has 1 aromatic heterocycles. The third-order valence-electron chi connectivity index (χ3n) is 8.24. The third kappa shape index (κ3) is 5.20. The highest BCUT2D eigenvalue weighted by Crippen LogP contribution is 2.50. The van der Waals surface area contributed by atoms with Gasteiger partial charge < -0.3 is 5.32 Å². The molecule has 0 radical (unpaired) electrons. The number of carbonyl (C=O) groups is 2. The van der Waals surface area contributed by atoms with Crippen molar-refractivity contribution in [2.45, 2.75) is 82.8 Å². The van der Waals surface area contributed by atoms with Crippen LogP contribution in [0.3, 0.4) is 0 Å². The van der Waals surface area contributed by atoms with E-state index in [4.69, 9.17) is 0 Å². The number of likely N-dealkylation sites (tertiary alicyclic amines) is 1. The number of fused-ring (bicyclic) bond motifs is 1. The van der Waals surface area contributed by atoms with Crippen molar-refractivity contribution in [3.8, 4) is 6.19 Å². The van der Waals surface area contributed by atoms with Gasteiger partial charge in [0.2, 0.25) is 5.91 Å². The smallest absolute Gasteiger partial charge is 0.251 e. The van der Waals surface area contributed by atoms with E-state index in [1.165, 1.54) is 6.42 Å². The highest BCUT2D eigenvalue weighted by Gasteiger charge is 2.57. The zero-order chi connectivity index (χ0) is 26.2. The number of hydrogen-bond acceptors (Lipinski definition) is 5. The van der Waals surface area contributed by atoms with Gasteiger partial charge in [-0.2, -0.15) is 5.26 Å². The molecule has 4 unspecified atom stereocenters. The number of nitrogens with one attached hydrogen (secondary N) is 1. The molecule has 0 spiro atoms. The molecule has 1 aromatic carbocycles. The minimum absolute atomic E-state index is 0.0429. The summed E-state index contributed by atoms with van der Waals surface area (Å²) in [6, 6.07) is 10.3. The summed E-state index contributed by atoms with van der Waals surface area (Å²) >= 11 is 0. The Morgan fingerprint density at radius 3 is 2.49 bits per heavy atom. The maximum absolute atomic E-state index is 14.4. The fourth-order valence-corrected chi connectivity index (χ4v) is 6.04. The van der Waals surface area contributed by atoms with Crippen molar-refractivity contribution in [2.24, 2.45) is 11.8 Å². The van der Waals surface area contributed by atoms with Crippen LogP contribution in [0, 0.1) is 23.3 Å². The number of nitrogens with zero attached hydrogens (tertiary/aromatic N) is 4. The summed E-state index contributed by atoms with van der Waals surface area (Å²) < 4.78 is 0. The van der Waals surface area contributed by atoms with Crippen LogP contribution in [0.1, 0.15) is 76.5 Å². The van der Waals surface area contributed by atoms with Gasteiger partial charge in [0.05, 0.1) is 0 Å². The Hall–Kier alpha value is -3.40. The van der Waals surface area contributed by atoms with Crippen LogP contribution in [0.2, 0.25) is 0 Å². The van der Waals surface area contributed by atoms with Crippen LogP contribution >= 0.6 is 0 Å². The predicted octanol–water partition coefficient (Wildman–Crippen LogP) is 4.70. The van der Waals surface area contributed by atoms with Gasteiger partial charge in [0.15, 0.2) is 6.19 Å². The Labute approximate surface area is 219 Å². The molecule has 2 aliphatic carbocycles. The van der Waals surface area contributed by atoms with E-state index < -0.39 is 12.1 Å². The summed E-state index contributed by atoms with van der Waals surface area (Å²) in [5, 5.41) is 13.1. The molecule has 5 rings (SSSR count). The number of piperidine rings is 1. The molecule has 3 fully saturated rings. The Kier molecular flexibility index (Phi) is 6.94. The van der Waals surface area contributed by atoms with Gasteiger partial charge in [0.1, 0.15) is 12.1 Å². The molecule has 37 heavy (non-hydrogen) atoms. The van der Waals surface area contributed by atoms with Crippen molar-refractivity contribution in [1.82, 2.24) is 15.2 Å². The van der Waals surface area contributed by atoms with E-state index in [9.17, 15) is 14.9 Å². The quantitative estimate of drug-likeness (QED) is 0.582. The molecule has 2 amide bonds. The van der Waals surface area contributed by atoms with Gasteiger partial charge in [0.25, 0.3) is 5.91 Å². The molecule has 2 heterocycles. The van der Waals surface area contributed by atoms with Crippen molar-refractivity contribution in [3.63, 3.8) is 0 Å². The lowest BCUT2D eigenvalue weighted by molar-refractivity contribution is -0.129. The third-order valence-corrected chi connectivity index (χ3v) is 8.24. The van der Waals surface area contributed by atoms with Crippen molar-refractivity contribution >= 4 is 17.5 Å². The summed E-state index contributed by atoms with van der Waals surface area (Å²) in [6.07, 6.45) is 11.8. The molecule has 3 aliphatic rings. The molecule has 2 saturated carbocycles. The first-order chi connectivity index (χ1) is 17.8. The van der Waals surface area contributed by atoms with Gasteiger partial charge in [0, 0.05) is 36.2 Å². The number of amides is 2. The number of carbonyl (C=O) groups excluding carboxylic acids is 2. The number of anilines is 1. The SMILES string of the molecule is CC(C)(C)c1ccc(N(C(=O)C2C3CC3CN2C#N)C(C(=O)NC2CCCCC2)c2cccnc2)cc1. The first-order valence-electron chi connectivity index (χ1n) is 13.6. The zero-order valence-electron chi connectivity index (χ0n) is 22.1. The van der Waals surface area contributed by atoms with Crippen molar-refractivity contribution in [3.05, 3.63) is 59.9 Å². The van der Waals surface area contributed by atoms with Gasteiger partial charge >= 0.3 is 0 Å². The summed E-state index contributed by atoms with van der Waals surface area (Å²) in [7, 11) is 0. The van der Waals surface area contributed by atoms with E-state index >= 15 is 0 Å². The van der Waals surface area contributed by atoms with Gasteiger partial charge in [-0.25, -0.2) is 0 Å². The molecule has 0 bridgehead atoms. The second kappa shape index (κ2) is 10.2. The van der Waals surface area contributed by atoms with Gasteiger partial charge in [-0.05, 0) is 60.3 Å². The van der Waals surface area contributed by atoms with Crippen LogP contribution in [0.15, 0.2) is 48.8 Å². The van der Waals surface area contributed by atoms with E-state index in [1.54, 1.807) is 28.3 Å². The molecule has 2 aromatic rings. The standard InChI is InChI=1S/C30H37N5O2/c1-30(2,3)22-11-13-24(14-12-22)35(29(37)27-25-16-21(25)18-34(27)19-31)26(20-8-7-15-32-17-20)28(36)33-23-9-5-4-6-10-23/h7-8,11-15,17,21,23,25-27H,4-6,9-10,16,18H2,1-3H3,(H,33,36). The maximum Gasteiger partial charge on any atom is 0.251 e. The summed E-state index contributed by atoms with van der Waals surface area (Å²) in [5.41, 5.74) is 2.43. The number of nitriles is 1. The van der Waals surface area contributed by atoms with Crippen LogP contribution < -0.4 is 10.2 Å². The number of rotatable bonds is 6. The first-order valence-corrected chi connectivity index (χ1v) is 13.6. The number of aromatic nitrogens is 1. The van der Waals surface area contributed by atoms with Crippen LogP contribution in [0.4, 0.5) is 5.69 Å². The normalized spacial score (nSPS) is 24.1. The van der Waals surface area contributed by atoms with Gasteiger partial charge in [-0.15, -0.1) is 0 Å². The number of hydrogen-bond donors (Lipinski definition) is 1. The second-order valence-corrected chi connectivity index (χ2v) is 11.9. The second-order valence-electron chi connectivity index (χ2n) is 11.9. The predicted molar refractivity (Wildman–Crippen MR) is 142 cm³/mol. The average Bonchev–Trinajstić information content (AvgIpc) is 3.56. The van der Waals surface area contributed by atoms with E-state index in [0.29, 0.717) is 23.7 Å². The molecule has 7 nitrogen and oxygen atoms in total. The number of benzene rings is 1. The molecule has 4 atom stereocenters. The summed E-state index contributed by atoms with van der Waals surface area (Å²) in [6.45, 7) is 7.06. The molecule has 7 heteroatoms. The highest BCUT2D eigenvalue weighted by molar-refractivity contribution is 6.04. The first kappa shape index (κ1) is 25.3. The molecule has 1 aliphatic heterocycles. The fraction of sp³-hybridized carbons (Fsp3) is 0.533. The van der Waals surface area contributed by atoms with E-state index in [1.807, 2.05) is 30.3 Å². The maximum atomic E-state index is 14.4. The molecular formula is C30H37N5O2. The van der Waals surface area contributed by atoms with E-state index in [0.717, 1.165) is 37.7 Å². The zero-order valence-corrected chi connectivity index (χ0v) is 22.1. The van der Waals surface area contributed by atoms with E-state index in [-0.39, 0.29) is 29.2 Å². The molecule has 1 saturated heterocycles. The lowest BCUT2D eigenvalue weighted by atomic mass is 9.87. The van der Waals surface area contributed by atoms with Crippen LogP contribution in [0.5, 0.6) is 0 Å². The Morgan fingerprint density at radius 1 is 1.14 bits per heavy atom. The molecular weight excluding hydrogens is 462 g/mol. The van der Waals surface area contributed by atoms with Gasteiger partial charge in [-0.3, -0.25) is 24.4 Å². The van der Waals surface area contributed by atoms with Crippen LogP contribution in [-0.2, 0) is 15.0 Å². The Morgan fingerprint density at radius 2 is 1.86 bits per heavy atom. The number of pyridine rings is 1. The van der Waals surface area contributed by atoms with Crippen LogP contribution in [0.25, 0.3) is 0 Å². The average molecular weight is 500 g/mol. The lowest BCUT2D eigenvalue weighted by Crippen LogP contribution is -2.52. The lowest BCUT2D eigenvalue weighted by Gasteiger charge is -2.36. The van der Waals surface area contributed by atoms with Crippen molar-refractivity contribution < 1.29 is 9.59 Å². The highest BCUT2D eigenvalue weighted by atomic mass is 16.2. The molecule has 1 N–H and O–H groups in total. The minimum atomic E-state index is -0.873. The fourth-order valence-electron chi connectivity index (χ4n) is 6.04. The van der Waals surface area contributed by atoms with Crippen molar-refractivity contribution in [1.29, 1.82) is 5.26 Å². The van der Waals surface area contributed by atoms with E-state index in [2.05, 4.69) is 37.3 Å². The van der Waals surface area contributed by atoms with Crippen molar-refractivity contribution in [2.75, 3.05) is 11.4 Å². The molecule has 194 valence electrons. The Balaban J connectivity index is 1.56. The Bertz CT molecular complexity index is 1160.